The van der Waals surface area contributed by atoms with Gasteiger partial charge in [-0.05, 0) is 57.9 Å². The molecular formula is C24H39NO3. The first-order valence-corrected chi connectivity index (χ1v) is 10.7. The van der Waals surface area contributed by atoms with Gasteiger partial charge in [0, 0.05) is 11.5 Å². The summed E-state index contributed by atoms with van der Waals surface area (Å²) in [6.07, 6.45) is 4.03. The molecule has 3 unspecified atom stereocenters. The van der Waals surface area contributed by atoms with Crippen LogP contribution in [0, 0.1) is 11.8 Å². The van der Waals surface area contributed by atoms with Crippen molar-refractivity contribution in [2.45, 2.75) is 85.1 Å². The van der Waals surface area contributed by atoms with Crippen LogP contribution in [0.4, 0.5) is 0 Å². The maximum Gasteiger partial charge on any atom is 0.308 e. The molecule has 4 heteroatoms. The summed E-state index contributed by atoms with van der Waals surface area (Å²) in [5.74, 6) is -0.411. The number of carbonyl (C=O) groups is 2. The molecule has 0 saturated carbocycles. The minimum Gasteiger partial charge on any atom is -0.465 e. The summed E-state index contributed by atoms with van der Waals surface area (Å²) in [4.78, 5) is 25.3. The van der Waals surface area contributed by atoms with E-state index in [4.69, 9.17) is 4.74 Å². The first-order valence-electron chi connectivity index (χ1n) is 10.7. The monoisotopic (exact) mass is 389 g/mol. The summed E-state index contributed by atoms with van der Waals surface area (Å²) >= 11 is 0. The highest BCUT2D eigenvalue weighted by Crippen LogP contribution is 2.31. The molecule has 0 aliphatic heterocycles. The van der Waals surface area contributed by atoms with Crippen LogP contribution in [0.1, 0.15) is 85.1 Å². The second-order valence-electron chi connectivity index (χ2n) is 8.85. The predicted octanol–water partition coefficient (Wildman–Crippen LogP) is 5.47. The average molecular weight is 390 g/mol. The van der Waals surface area contributed by atoms with Gasteiger partial charge in [-0.2, -0.15) is 0 Å². The summed E-state index contributed by atoms with van der Waals surface area (Å²) in [6.45, 7) is 12.5. The molecule has 0 fully saturated rings. The lowest BCUT2D eigenvalue weighted by molar-refractivity contribution is -0.150. The molecular weight excluding hydrogens is 350 g/mol. The molecule has 0 aromatic heterocycles. The van der Waals surface area contributed by atoms with Crippen LogP contribution in [-0.2, 0) is 14.3 Å². The molecule has 1 rings (SSSR count). The highest BCUT2D eigenvalue weighted by atomic mass is 16.5. The number of carbonyl (C=O) groups excluding carboxylic acids is 2. The zero-order valence-corrected chi connectivity index (χ0v) is 18.6. The van der Waals surface area contributed by atoms with Crippen LogP contribution in [-0.4, -0.2) is 24.0 Å². The Morgan fingerprint density at radius 2 is 1.71 bits per heavy atom. The molecule has 28 heavy (non-hydrogen) atoms. The first-order chi connectivity index (χ1) is 13.2. The molecule has 1 aromatic rings. The van der Waals surface area contributed by atoms with Crippen molar-refractivity contribution < 1.29 is 14.3 Å². The van der Waals surface area contributed by atoms with Gasteiger partial charge in [0.25, 0.3) is 0 Å². The number of nitrogens with one attached hydrogen (secondary N) is 1. The van der Waals surface area contributed by atoms with Gasteiger partial charge >= 0.3 is 5.97 Å². The fraction of sp³-hybridized carbons (Fsp3) is 0.667. The molecule has 1 N–H and O–H groups in total. The number of hydrogen-bond donors (Lipinski definition) is 1. The van der Waals surface area contributed by atoms with Gasteiger partial charge in [-0.1, -0.05) is 57.5 Å². The lowest BCUT2D eigenvalue weighted by Gasteiger charge is -2.27. The van der Waals surface area contributed by atoms with E-state index in [2.05, 4.69) is 31.3 Å². The second kappa shape index (κ2) is 11.9. The normalized spacial score (nSPS) is 14.8. The number of amides is 1. The van der Waals surface area contributed by atoms with Gasteiger partial charge in [0.2, 0.25) is 5.91 Å². The standard InChI is InChI=1S/C24H39NO3/c1-7-9-15-28-23(27)21(16-18(3)22(26)25-24(4,5)6)17-19(8-2)20-13-11-10-12-14-20/h10-14,18-19,21H,7-9,15-17H2,1-6H3,(H,25,26). The van der Waals surface area contributed by atoms with E-state index in [0.29, 0.717) is 19.4 Å². The van der Waals surface area contributed by atoms with Crippen molar-refractivity contribution in [1.29, 1.82) is 0 Å². The fourth-order valence-corrected chi connectivity index (χ4v) is 3.36. The first kappa shape index (κ1) is 24.2. The Morgan fingerprint density at radius 1 is 1.07 bits per heavy atom. The third kappa shape index (κ3) is 8.90. The van der Waals surface area contributed by atoms with E-state index in [0.717, 1.165) is 19.3 Å². The SMILES string of the molecule is CCCCOC(=O)C(CC(C)C(=O)NC(C)(C)C)CC(CC)c1ccccc1. The molecule has 0 heterocycles. The van der Waals surface area contributed by atoms with Gasteiger partial charge < -0.3 is 10.1 Å². The number of hydrogen-bond acceptors (Lipinski definition) is 3. The molecule has 0 aliphatic carbocycles. The molecule has 3 atom stereocenters. The highest BCUT2D eigenvalue weighted by Gasteiger charge is 2.29. The Kier molecular flexibility index (Phi) is 10.3. The second-order valence-corrected chi connectivity index (χ2v) is 8.85. The number of benzene rings is 1. The van der Waals surface area contributed by atoms with Crippen LogP contribution < -0.4 is 5.32 Å². The quantitative estimate of drug-likeness (QED) is 0.403. The largest absolute Gasteiger partial charge is 0.465 e. The highest BCUT2D eigenvalue weighted by molar-refractivity contribution is 5.80. The van der Waals surface area contributed by atoms with Gasteiger partial charge in [-0.15, -0.1) is 0 Å². The minimum atomic E-state index is -0.279. The predicted molar refractivity (Wildman–Crippen MR) is 115 cm³/mol. The number of ether oxygens (including phenoxy) is 1. The van der Waals surface area contributed by atoms with Gasteiger partial charge in [-0.25, -0.2) is 0 Å². The average Bonchev–Trinajstić information content (AvgIpc) is 2.64. The number of esters is 1. The van der Waals surface area contributed by atoms with Crippen molar-refractivity contribution in [2.24, 2.45) is 11.8 Å². The van der Waals surface area contributed by atoms with Crippen molar-refractivity contribution >= 4 is 11.9 Å². The molecule has 1 amide bonds. The lowest BCUT2D eigenvalue weighted by Crippen LogP contribution is -2.44. The molecule has 0 radical (unpaired) electrons. The smallest absolute Gasteiger partial charge is 0.308 e. The topological polar surface area (TPSA) is 55.4 Å². The van der Waals surface area contributed by atoms with Gasteiger partial charge in [0.15, 0.2) is 0 Å². The van der Waals surface area contributed by atoms with E-state index >= 15 is 0 Å². The summed E-state index contributed by atoms with van der Waals surface area (Å²) in [5.41, 5.74) is 0.960. The third-order valence-corrected chi connectivity index (χ3v) is 4.99. The summed E-state index contributed by atoms with van der Waals surface area (Å²) in [7, 11) is 0. The van der Waals surface area contributed by atoms with Crippen LogP contribution in [0.5, 0.6) is 0 Å². The third-order valence-electron chi connectivity index (χ3n) is 4.99. The van der Waals surface area contributed by atoms with Gasteiger partial charge in [0.1, 0.15) is 0 Å². The van der Waals surface area contributed by atoms with E-state index < -0.39 is 0 Å². The summed E-state index contributed by atoms with van der Waals surface area (Å²) < 4.78 is 5.54. The van der Waals surface area contributed by atoms with Crippen molar-refractivity contribution in [3.63, 3.8) is 0 Å². The van der Waals surface area contributed by atoms with Crippen molar-refractivity contribution in [3.05, 3.63) is 35.9 Å². The maximum absolute atomic E-state index is 12.8. The number of unbranched alkanes of at least 4 members (excludes halogenated alkanes) is 1. The maximum atomic E-state index is 12.8. The molecule has 4 nitrogen and oxygen atoms in total. The van der Waals surface area contributed by atoms with E-state index in [-0.39, 0.29) is 35.2 Å². The van der Waals surface area contributed by atoms with E-state index in [1.807, 2.05) is 45.9 Å². The minimum absolute atomic E-state index is 0.00776. The van der Waals surface area contributed by atoms with Crippen molar-refractivity contribution in [3.8, 4) is 0 Å². The van der Waals surface area contributed by atoms with Crippen LogP contribution in [0.25, 0.3) is 0 Å². The zero-order chi connectivity index (χ0) is 21.2. The summed E-state index contributed by atoms with van der Waals surface area (Å²) in [6, 6.07) is 10.3. The summed E-state index contributed by atoms with van der Waals surface area (Å²) in [5, 5.41) is 3.02. The van der Waals surface area contributed by atoms with Crippen molar-refractivity contribution in [1.82, 2.24) is 5.32 Å². The Bertz CT molecular complexity index is 592. The molecule has 0 aliphatic rings. The van der Waals surface area contributed by atoms with Gasteiger partial charge in [-0.3, -0.25) is 9.59 Å². The Labute approximate surface area is 171 Å². The van der Waals surface area contributed by atoms with E-state index in [9.17, 15) is 9.59 Å². The Morgan fingerprint density at radius 3 is 2.25 bits per heavy atom. The zero-order valence-electron chi connectivity index (χ0n) is 18.6. The fourth-order valence-electron chi connectivity index (χ4n) is 3.36. The molecule has 158 valence electrons. The molecule has 1 aromatic carbocycles. The van der Waals surface area contributed by atoms with Crippen LogP contribution in [0.3, 0.4) is 0 Å². The lowest BCUT2D eigenvalue weighted by atomic mass is 9.82. The van der Waals surface area contributed by atoms with Gasteiger partial charge in [0.05, 0.1) is 12.5 Å². The van der Waals surface area contributed by atoms with Crippen LogP contribution in [0.15, 0.2) is 30.3 Å². The van der Waals surface area contributed by atoms with Crippen molar-refractivity contribution in [2.75, 3.05) is 6.61 Å². The van der Waals surface area contributed by atoms with Crippen LogP contribution >= 0.6 is 0 Å². The Balaban J connectivity index is 2.88. The molecule has 0 spiro atoms. The number of rotatable bonds is 11. The van der Waals surface area contributed by atoms with E-state index in [1.165, 1.54) is 5.56 Å². The molecule has 0 saturated heterocycles. The van der Waals surface area contributed by atoms with E-state index in [1.54, 1.807) is 0 Å². The Hall–Kier alpha value is -1.84. The van der Waals surface area contributed by atoms with Crippen LogP contribution in [0.2, 0.25) is 0 Å². The molecule has 0 bridgehead atoms.